The van der Waals surface area contributed by atoms with E-state index in [4.69, 9.17) is 18.8 Å². The zero-order valence-corrected chi connectivity index (χ0v) is 26.9. The third-order valence-electron chi connectivity index (χ3n) is 9.54. The highest BCUT2D eigenvalue weighted by molar-refractivity contribution is 6.21. The van der Waals surface area contributed by atoms with E-state index in [1.165, 1.54) is 5.56 Å². The van der Waals surface area contributed by atoms with Crippen LogP contribution in [0.1, 0.15) is 0 Å². The molecule has 0 saturated carbocycles. The highest BCUT2D eigenvalue weighted by Crippen LogP contribution is 2.45. The number of benzene rings is 7. The van der Waals surface area contributed by atoms with Gasteiger partial charge in [0.25, 0.3) is 0 Å². The van der Waals surface area contributed by atoms with Crippen LogP contribution in [0.4, 0.5) is 0 Å². The standard InChI is InChI=1S/C46H28N2O2/c1-3-12-29(13-4-1)30-22-24-32(25-23-30)46-47-38(31-14-5-2-6-15-31)28-39(48-46)35-27-26-34(44-37-17-8-10-20-41(37)50-45(35)44)33-18-11-21-42-43(33)36-16-7-9-19-40(36)49-42/h1-28H. The predicted molar refractivity (Wildman–Crippen MR) is 204 cm³/mol. The molecule has 0 fully saturated rings. The second kappa shape index (κ2) is 11.4. The first-order valence-corrected chi connectivity index (χ1v) is 16.7. The number of nitrogens with zero attached hydrogens (tertiary/aromatic N) is 2. The Morgan fingerprint density at radius 3 is 1.64 bits per heavy atom. The van der Waals surface area contributed by atoms with Crippen LogP contribution < -0.4 is 0 Å². The lowest BCUT2D eigenvalue weighted by atomic mass is 9.93. The van der Waals surface area contributed by atoms with E-state index < -0.39 is 0 Å². The second-order valence-corrected chi connectivity index (χ2v) is 12.5. The van der Waals surface area contributed by atoms with Crippen LogP contribution in [0, 0.1) is 0 Å². The third-order valence-corrected chi connectivity index (χ3v) is 9.54. The van der Waals surface area contributed by atoms with Crippen molar-refractivity contribution in [1.82, 2.24) is 9.97 Å². The number of fused-ring (bicyclic) bond motifs is 6. The number of furan rings is 2. The molecule has 0 aliphatic heterocycles. The molecule has 0 saturated heterocycles. The maximum atomic E-state index is 6.75. The molecule has 4 heteroatoms. The Morgan fingerprint density at radius 1 is 0.340 bits per heavy atom. The van der Waals surface area contributed by atoms with Gasteiger partial charge in [-0.1, -0.05) is 140 Å². The van der Waals surface area contributed by atoms with Crippen LogP contribution in [0.3, 0.4) is 0 Å². The van der Waals surface area contributed by atoms with Gasteiger partial charge in [-0.3, -0.25) is 0 Å². The molecule has 0 spiro atoms. The van der Waals surface area contributed by atoms with Gasteiger partial charge in [0, 0.05) is 38.2 Å². The van der Waals surface area contributed by atoms with Gasteiger partial charge in [-0.25, -0.2) is 9.97 Å². The van der Waals surface area contributed by atoms with Crippen molar-refractivity contribution in [2.45, 2.75) is 0 Å². The van der Waals surface area contributed by atoms with Crippen molar-refractivity contribution in [2.75, 3.05) is 0 Å². The number of hydrogen-bond donors (Lipinski definition) is 0. The van der Waals surface area contributed by atoms with E-state index in [-0.39, 0.29) is 0 Å². The minimum absolute atomic E-state index is 0.656. The van der Waals surface area contributed by atoms with Gasteiger partial charge in [0.1, 0.15) is 22.3 Å². The first-order chi connectivity index (χ1) is 24.8. The molecule has 10 rings (SSSR count). The molecule has 0 radical (unpaired) electrons. The average molecular weight is 641 g/mol. The summed E-state index contributed by atoms with van der Waals surface area (Å²) >= 11 is 0. The number of aromatic nitrogens is 2. The van der Waals surface area contributed by atoms with Gasteiger partial charge in [-0.2, -0.15) is 0 Å². The summed E-state index contributed by atoms with van der Waals surface area (Å²) in [7, 11) is 0. The zero-order valence-electron chi connectivity index (χ0n) is 26.9. The Balaban J connectivity index is 1.21. The van der Waals surface area contributed by atoms with Crippen LogP contribution in [0.2, 0.25) is 0 Å². The van der Waals surface area contributed by atoms with E-state index in [1.807, 2.05) is 54.6 Å². The van der Waals surface area contributed by atoms with Gasteiger partial charge in [0.2, 0.25) is 0 Å². The smallest absolute Gasteiger partial charge is 0.160 e. The van der Waals surface area contributed by atoms with Crippen LogP contribution in [0.5, 0.6) is 0 Å². The largest absolute Gasteiger partial charge is 0.456 e. The van der Waals surface area contributed by atoms with Gasteiger partial charge in [0.15, 0.2) is 5.82 Å². The van der Waals surface area contributed by atoms with Gasteiger partial charge >= 0.3 is 0 Å². The van der Waals surface area contributed by atoms with E-state index in [0.717, 1.165) is 88.6 Å². The quantitative estimate of drug-likeness (QED) is 0.188. The molecule has 0 bridgehead atoms. The van der Waals surface area contributed by atoms with Crippen LogP contribution >= 0.6 is 0 Å². The van der Waals surface area contributed by atoms with Crippen LogP contribution in [-0.2, 0) is 0 Å². The molecular weight excluding hydrogens is 613 g/mol. The highest BCUT2D eigenvalue weighted by Gasteiger charge is 2.22. The lowest BCUT2D eigenvalue weighted by Crippen LogP contribution is -1.96. The van der Waals surface area contributed by atoms with E-state index >= 15 is 0 Å². The molecule has 0 aliphatic rings. The average Bonchev–Trinajstić information content (AvgIpc) is 3.77. The van der Waals surface area contributed by atoms with Gasteiger partial charge in [-0.15, -0.1) is 0 Å². The summed E-state index contributed by atoms with van der Waals surface area (Å²) < 4.78 is 13.0. The van der Waals surface area contributed by atoms with E-state index in [2.05, 4.69) is 115 Å². The topological polar surface area (TPSA) is 52.1 Å². The zero-order chi connectivity index (χ0) is 33.0. The Bertz CT molecular complexity index is 2850. The minimum Gasteiger partial charge on any atom is -0.456 e. The van der Waals surface area contributed by atoms with Gasteiger partial charge in [-0.05, 0) is 52.6 Å². The summed E-state index contributed by atoms with van der Waals surface area (Å²) in [6.07, 6.45) is 0. The van der Waals surface area contributed by atoms with Gasteiger partial charge < -0.3 is 8.83 Å². The molecule has 0 aliphatic carbocycles. The molecule has 10 aromatic rings. The number of hydrogen-bond acceptors (Lipinski definition) is 4. The molecule has 0 atom stereocenters. The molecule has 7 aromatic carbocycles. The summed E-state index contributed by atoms with van der Waals surface area (Å²) in [5, 5.41) is 4.29. The summed E-state index contributed by atoms with van der Waals surface area (Å²) in [6, 6.07) is 58.3. The second-order valence-electron chi connectivity index (χ2n) is 12.5. The molecule has 3 aromatic heterocycles. The molecule has 3 heterocycles. The molecule has 50 heavy (non-hydrogen) atoms. The Kier molecular flexibility index (Phi) is 6.46. The molecule has 0 amide bonds. The summed E-state index contributed by atoms with van der Waals surface area (Å²) in [6.45, 7) is 0. The van der Waals surface area contributed by atoms with Crippen molar-refractivity contribution >= 4 is 43.9 Å². The number of rotatable bonds is 5. The maximum absolute atomic E-state index is 6.75. The van der Waals surface area contributed by atoms with Crippen molar-refractivity contribution in [2.24, 2.45) is 0 Å². The minimum atomic E-state index is 0.656. The SMILES string of the molecule is c1ccc(-c2ccc(-c3nc(-c4ccccc4)cc(-c4ccc(-c5cccc6oc7ccccc7c56)c5c4oc4ccccc45)n3)cc2)cc1. The fourth-order valence-corrected chi connectivity index (χ4v) is 7.17. The molecular formula is C46H28N2O2. The fraction of sp³-hybridized carbons (Fsp3) is 0. The Hall–Kier alpha value is -6.78. The van der Waals surface area contributed by atoms with E-state index in [9.17, 15) is 0 Å². The Morgan fingerprint density at radius 2 is 0.880 bits per heavy atom. The van der Waals surface area contributed by atoms with Crippen molar-refractivity contribution in [3.8, 4) is 56.2 Å². The lowest BCUT2D eigenvalue weighted by Gasteiger charge is -2.12. The monoisotopic (exact) mass is 640 g/mol. The summed E-state index contributed by atoms with van der Waals surface area (Å²) in [5.41, 5.74) is 12.4. The molecule has 0 N–H and O–H groups in total. The van der Waals surface area contributed by atoms with Gasteiger partial charge in [0.05, 0.1) is 11.4 Å². The fourth-order valence-electron chi connectivity index (χ4n) is 7.17. The van der Waals surface area contributed by atoms with Crippen LogP contribution in [0.15, 0.2) is 179 Å². The van der Waals surface area contributed by atoms with Crippen LogP contribution in [-0.4, -0.2) is 9.97 Å². The van der Waals surface area contributed by atoms with Crippen molar-refractivity contribution in [1.29, 1.82) is 0 Å². The van der Waals surface area contributed by atoms with E-state index in [1.54, 1.807) is 0 Å². The first-order valence-electron chi connectivity index (χ1n) is 16.7. The molecule has 0 unspecified atom stereocenters. The van der Waals surface area contributed by atoms with Crippen molar-refractivity contribution in [3.05, 3.63) is 170 Å². The summed E-state index contributed by atoms with van der Waals surface area (Å²) in [4.78, 5) is 10.3. The normalized spacial score (nSPS) is 11.6. The first kappa shape index (κ1) is 28.3. The van der Waals surface area contributed by atoms with Crippen LogP contribution in [0.25, 0.3) is 100 Å². The third kappa shape index (κ3) is 4.61. The highest BCUT2D eigenvalue weighted by atomic mass is 16.3. The lowest BCUT2D eigenvalue weighted by molar-refractivity contribution is 0.668. The van der Waals surface area contributed by atoms with E-state index in [0.29, 0.717) is 5.82 Å². The predicted octanol–water partition coefficient (Wildman–Crippen LogP) is 12.6. The summed E-state index contributed by atoms with van der Waals surface area (Å²) in [5.74, 6) is 0.656. The number of para-hydroxylation sites is 2. The molecule has 234 valence electrons. The van der Waals surface area contributed by atoms with Crippen molar-refractivity contribution in [3.63, 3.8) is 0 Å². The molecule has 4 nitrogen and oxygen atoms in total. The Labute approximate surface area is 287 Å². The van der Waals surface area contributed by atoms with Crippen molar-refractivity contribution < 1.29 is 8.83 Å². The maximum Gasteiger partial charge on any atom is 0.160 e.